The third kappa shape index (κ3) is 3.91. The fourth-order valence-electron chi connectivity index (χ4n) is 6.02. The molecule has 3 amide bonds. The molecule has 2 aliphatic heterocycles. The summed E-state index contributed by atoms with van der Waals surface area (Å²) in [6.07, 6.45) is 6.31. The van der Waals surface area contributed by atoms with Crippen LogP contribution in [0.4, 0.5) is 5.95 Å². The second-order valence-corrected chi connectivity index (χ2v) is 11.3. The van der Waals surface area contributed by atoms with Crippen molar-refractivity contribution in [3.8, 4) is 0 Å². The number of nitrogens with one attached hydrogen (secondary N) is 1. The molecule has 186 valence electrons. The second kappa shape index (κ2) is 8.89. The van der Waals surface area contributed by atoms with E-state index in [0.29, 0.717) is 15.7 Å². The molecule has 3 fully saturated rings. The highest BCUT2D eigenvalue weighted by Gasteiger charge is 2.50. The van der Waals surface area contributed by atoms with Gasteiger partial charge in [-0.2, -0.15) is 0 Å². The molecule has 1 saturated carbocycles. The Morgan fingerprint density at radius 1 is 1.03 bits per heavy atom. The molecule has 8 nitrogen and oxygen atoms in total. The number of benzene rings is 1. The number of carbonyl (C=O) groups excluding carboxylic acids is 3. The fraction of sp³-hybridized carbons (Fsp3) is 0.407. The van der Waals surface area contributed by atoms with E-state index in [-0.39, 0.29) is 29.2 Å². The van der Waals surface area contributed by atoms with Crippen LogP contribution in [-0.2, 0) is 4.79 Å². The van der Waals surface area contributed by atoms with Gasteiger partial charge in [-0.1, -0.05) is 18.7 Å². The average molecular weight is 504 g/mol. The van der Waals surface area contributed by atoms with Gasteiger partial charge in [0, 0.05) is 32.2 Å². The molecule has 0 unspecified atom stereocenters. The van der Waals surface area contributed by atoms with Crippen LogP contribution in [0.2, 0.25) is 0 Å². The first kappa shape index (κ1) is 23.0. The van der Waals surface area contributed by atoms with Gasteiger partial charge in [0.15, 0.2) is 0 Å². The third-order valence-electron chi connectivity index (χ3n) is 7.88. The van der Waals surface area contributed by atoms with Crippen LogP contribution < -0.4 is 5.32 Å². The van der Waals surface area contributed by atoms with Crippen molar-refractivity contribution >= 4 is 46.0 Å². The molecule has 2 saturated heterocycles. The Hall–Kier alpha value is -3.46. The average Bonchev–Trinajstić information content (AvgIpc) is 3.66. The molecular weight excluding hydrogens is 474 g/mol. The highest BCUT2D eigenvalue weighted by atomic mass is 32.1. The van der Waals surface area contributed by atoms with Crippen molar-refractivity contribution in [3.63, 3.8) is 0 Å². The smallest absolute Gasteiger partial charge is 0.268 e. The first-order valence-corrected chi connectivity index (χ1v) is 13.4. The molecule has 1 N–H and O–H groups in total. The van der Waals surface area contributed by atoms with Gasteiger partial charge in [-0.3, -0.25) is 19.7 Å². The number of imidazole rings is 1. The van der Waals surface area contributed by atoms with E-state index in [1.54, 1.807) is 12.1 Å². The Bertz CT molecular complexity index is 1360. The van der Waals surface area contributed by atoms with Crippen molar-refractivity contribution in [1.29, 1.82) is 0 Å². The van der Waals surface area contributed by atoms with Gasteiger partial charge < -0.3 is 14.4 Å². The van der Waals surface area contributed by atoms with Crippen LogP contribution in [0.5, 0.6) is 0 Å². The quantitative estimate of drug-likeness (QED) is 0.525. The van der Waals surface area contributed by atoms with E-state index < -0.39 is 0 Å². The lowest BCUT2D eigenvalue weighted by Gasteiger charge is -2.46. The number of fused-ring (bicyclic) bond motifs is 1. The number of thiophene rings is 1. The van der Waals surface area contributed by atoms with E-state index in [2.05, 4.69) is 16.5 Å². The minimum absolute atomic E-state index is 0.00379. The maximum Gasteiger partial charge on any atom is 0.268 e. The summed E-state index contributed by atoms with van der Waals surface area (Å²) in [7, 11) is 0. The molecule has 9 heteroatoms. The molecule has 4 heterocycles. The lowest BCUT2D eigenvalue weighted by atomic mass is 9.65. The van der Waals surface area contributed by atoms with E-state index in [1.165, 1.54) is 17.4 Å². The van der Waals surface area contributed by atoms with Crippen LogP contribution in [0.3, 0.4) is 0 Å². The molecule has 2 aromatic heterocycles. The van der Waals surface area contributed by atoms with Crippen molar-refractivity contribution in [1.82, 2.24) is 19.4 Å². The van der Waals surface area contributed by atoms with Gasteiger partial charge in [0.25, 0.3) is 11.8 Å². The topological polar surface area (TPSA) is 87.5 Å². The number of carbonyl (C=O) groups is 3. The number of amides is 3. The maximum atomic E-state index is 13.2. The van der Waals surface area contributed by atoms with E-state index in [4.69, 9.17) is 4.98 Å². The number of nitrogens with zero attached hydrogens (tertiary/aromatic N) is 4. The summed E-state index contributed by atoms with van der Waals surface area (Å²) in [5.74, 6) is 0.271. The Morgan fingerprint density at radius 3 is 2.56 bits per heavy atom. The van der Waals surface area contributed by atoms with Crippen molar-refractivity contribution < 1.29 is 14.4 Å². The van der Waals surface area contributed by atoms with Crippen LogP contribution in [0.1, 0.15) is 57.5 Å². The standard InChI is InChI=1S/C27H29N5O3S/c1-2-23(33)31-14-11-27(17-31)15-18(16-27)32-20-8-4-3-7-19(20)28-26(32)29-24(34)21-9-10-22(36-21)25(35)30-12-5-6-13-30/h2-4,7-10,18H,1,5-6,11-17H2,(H,28,29,34). The van der Waals surface area contributed by atoms with E-state index in [9.17, 15) is 14.4 Å². The van der Waals surface area contributed by atoms with Crippen LogP contribution >= 0.6 is 11.3 Å². The molecule has 3 aromatic rings. The summed E-state index contributed by atoms with van der Waals surface area (Å²) in [6.45, 7) is 6.70. The lowest BCUT2D eigenvalue weighted by Crippen LogP contribution is -2.42. The SMILES string of the molecule is C=CC(=O)N1CCC2(CC(n3c(NC(=O)c4ccc(C(=O)N5CCCC5)s4)nc4ccccc43)C2)C1. The molecule has 3 aliphatic rings. The summed E-state index contributed by atoms with van der Waals surface area (Å²) in [5, 5.41) is 3.02. The number of rotatable bonds is 5. The van der Waals surface area contributed by atoms with Crippen molar-refractivity contribution in [3.05, 3.63) is 58.8 Å². The normalized spacial score (nSPS) is 23.3. The van der Waals surface area contributed by atoms with Crippen LogP contribution in [0, 0.1) is 5.41 Å². The Labute approximate surface area is 213 Å². The second-order valence-electron chi connectivity index (χ2n) is 10.2. The van der Waals surface area contributed by atoms with Crippen molar-refractivity contribution in [2.45, 2.75) is 38.1 Å². The number of aromatic nitrogens is 2. The van der Waals surface area contributed by atoms with E-state index in [0.717, 1.165) is 69.3 Å². The van der Waals surface area contributed by atoms with Gasteiger partial charge >= 0.3 is 0 Å². The number of para-hydroxylation sites is 2. The summed E-state index contributed by atoms with van der Waals surface area (Å²) in [5.41, 5.74) is 1.94. The molecule has 1 aliphatic carbocycles. The van der Waals surface area contributed by atoms with E-state index >= 15 is 0 Å². The molecule has 36 heavy (non-hydrogen) atoms. The summed E-state index contributed by atoms with van der Waals surface area (Å²) < 4.78 is 2.14. The van der Waals surface area contributed by atoms with Crippen molar-refractivity contribution in [2.75, 3.05) is 31.5 Å². The monoisotopic (exact) mass is 503 g/mol. The van der Waals surface area contributed by atoms with Crippen LogP contribution in [0.15, 0.2) is 49.1 Å². The predicted octanol–water partition coefficient (Wildman–Crippen LogP) is 4.33. The molecule has 6 rings (SSSR count). The zero-order valence-electron chi connectivity index (χ0n) is 20.1. The highest BCUT2D eigenvalue weighted by molar-refractivity contribution is 7.16. The predicted molar refractivity (Wildman–Crippen MR) is 139 cm³/mol. The fourth-order valence-corrected chi connectivity index (χ4v) is 6.89. The molecule has 1 aromatic carbocycles. The molecule has 0 atom stereocenters. The molecule has 0 bridgehead atoms. The van der Waals surface area contributed by atoms with Gasteiger partial charge in [0.1, 0.15) is 0 Å². The van der Waals surface area contributed by atoms with Crippen molar-refractivity contribution in [2.24, 2.45) is 5.41 Å². The van der Waals surface area contributed by atoms with E-state index in [1.807, 2.05) is 34.1 Å². The van der Waals surface area contributed by atoms with Crippen LogP contribution in [-0.4, -0.2) is 63.3 Å². The maximum absolute atomic E-state index is 13.2. The first-order valence-electron chi connectivity index (χ1n) is 12.6. The summed E-state index contributed by atoms with van der Waals surface area (Å²) in [4.78, 5) is 47.6. The molecule has 1 spiro atoms. The number of hydrogen-bond donors (Lipinski definition) is 1. The minimum atomic E-state index is -0.255. The summed E-state index contributed by atoms with van der Waals surface area (Å²) >= 11 is 1.23. The first-order chi connectivity index (χ1) is 17.5. The number of likely N-dealkylation sites (tertiary alicyclic amines) is 2. The lowest BCUT2D eigenvalue weighted by molar-refractivity contribution is -0.125. The third-order valence-corrected chi connectivity index (χ3v) is 8.95. The highest BCUT2D eigenvalue weighted by Crippen LogP contribution is 2.55. The van der Waals surface area contributed by atoms with Gasteiger partial charge in [-0.25, -0.2) is 4.98 Å². The Morgan fingerprint density at radius 2 is 1.78 bits per heavy atom. The zero-order valence-corrected chi connectivity index (χ0v) is 20.9. The van der Waals surface area contributed by atoms with Gasteiger partial charge in [-0.05, 0) is 67.9 Å². The van der Waals surface area contributed by atoms with Gasteiger partial charge in [0.05, 0.1) is 20.8 Å². The Balaban J connectivity index is 1.21. The summed E-state index contributed by atoms with van der Waals surface area (Å²) in [6, 6.07) is 11.6. The molecule has 0 radical (unpaired) electrons. The number of hydrogen-bond acceptors (Lipinski definition) is 5. The zero-order chi connectivity index (χ0) is 24.9. The van der Waals surface area contributed by atoms with Crippen LogP contribution in [0.25, 0.3) is 11.0 Å². The molecular formula is C27H29N5O3S. The largest absolute Gasteiger partial charge is 0.339 e. The minimum Gasteiger partial charge on any atom is -0.339 e. The van der Waals surface area contributed by atoms with Gasteiger partial charge in [-0.15, -0.1) is 11.3 Å². The Kier molecular flexibility index (Phi) is 5.67. The van der Waals surface area contributed by atoms with Gasteiger partial charge in [0.2, 0.25) is 11.9 Å². The number of anilines is 1.